The lowest BCUT2D eigenvalue weighted by molar-refractivity contribution is 0.0473. The van der Waals surface area contributed by atoms with E-state index in [2.05, 4.69) is 18.2 Å². The molecule has 142 valence electrons. The second-order valence-corrected chi connectivity index (χ2v) is 7.17. The molecule has 0 aliphatic carbocycles. The van der Waals surface area contributed by atoms with E-state index < -0.39 is 0 Å². The first kappa shape index (κ1) is 19.0. The summed E-state index contributed by atoms with van der Waals surface area (Å²) in [6.07, 6.45) is 0. The Hall–Kier alpha value is -3.36. The van der Waals surface area contributed by atoms with Crippen molar-refractivity contribution in [3.63, 3.8) is 0 Å². The van der Waals surface area contributed by atoms with Crippen molar-refractivity contribution >= 4 is 17.6 Å². The number of carbonyl (C=O) groups excluding carboxylic acids is 1. The van der Waals surface area contributed by atoms with Crippen LogP contribution in [-0.4, -0.2) is 5.97 Å². The zero-order chi connectivity index (χ0) is 20.1. The van der Waals surface area contributed by atoms with Crippen molar-refractivity contribution in [1.82, 2.24) is 0 Å². The van der Waals surface area contributed by atoms with Crippen molar-refractivity contribution in [2.45, 2.75) is 6.61 Å². The topological polar surface area (TPSA) is 26.3 Å². The van der Waals surface area contributed by atoms with Crippen LogP contribution < -0.4 is 0 Å². The Balaban J connectivity index is 1.52. The van der Waals surface area contributed by atoms with Crippen LogP contribution in [0.1, 0.15) is 15.9 Å². The summed E-state index contributed by atoms with van der Waals surface area (Å²) in [5, 5.41) is 0.674. The molecule has 4 aromatic carbocycles. The zero-order valence-electron chi connectivity index (χ0n) is 15.7. The zero-order valence-corrected chi connectivity index (χ0v) is 16.5. The number of carbonyl (C=O) groups is 1. The summed E-state index contributed by atoms with van der Waals surface area (Å²) in [6, 6.07) is 33.1. The molecule has 0 aliphatic rings. The number of halogens is 1. The van der Waals surface area contributed by atoms with Crippen LogP contribution in [0.25, 0.3) is 22.3 Å². The van der Waals surface area contributed by atoms with Gasteiger partial charge in [-0.1, -0.05) is 84.4 Å². The van der Waals surface area contributed by atoms with E-state index in [0.29, 0.717) is 10.6 Å². The van der Waals surface area contributed by atoms with Crippen molar-refractivity contribution in [2.24, 2.45) is 0 Å². The second-order valence-electron chi connectivity index (χ2n) is 6.73. The van der Waals surface area contributed by atoms with E-state index in [1.165, 1.54) is 0 Å². The highest BCUT2D eigenvalue weighted by atomic mass is 35.5. The van der Waals surface area contributed by atoms with Crippen molar-refractivity contribution in [2.75, 3.05) is 0 Å². The van der Waals surface area contributed by atoms with Crippen LogP contribution in [0, 0.1) is 0 Å². The molecule has 4 rings (SSSR count). The first-order valence-electron chi connectivity index (χ1n) is 9.36. The Morgan fingerprint density at radius 3 is 1.83 bits per heavy atom. The highest BCUT2D eigenvalue weighted by Crippen LogP contribution is 2.30. The van der Waals surface area contributed by atoms with E-state index in [9.17, 15) is 4.79 Å². The van der Waals surface area contributed by atoms with Gasteiger partial charge in [0, 0.05) is 5.02 Å². The molecular weight excluding hydrogens is 380 g/mol. The number of esters is 1. The number of hydrogen-bond acceptors (Lipinski definition) is 2. The third kappa shape index (κ3) is 4.74. The van der Waals surface area contributed by atoms with E-state index in [-0.39, 0.29) is 12.6 Å². The van der Waals surface area contributed by atoms with Gasteiger partial charge < -0.3 is 4.74 Å². The largest absolute Gasteiger partial charge is 0.457 e. The van der Waals surface area contributed by atoms with Gasteiger partial charge in [0.25, 0.3) is 0 Å². The Kier molecular flexibility index (Phi) is 5.73. The number of rotatable bonds is 5. The second kappa shape index (κ2) is 8.76. The van der Waals surface area contributed by atoms with Gasteiger partial charge in [0.05, 0.1) is 5.56 Å². The molecule has 0 saturated carbocycles. The molecule has 0 N–H and O–H groups in total. The summed E-state index contributed by atoms with van der Waals surface area (Å²) in [7, 11) is 0. The minimum atomic E-state index is -0.337. The molecule has 2 nitrogen and oxygen atoms in total. The number of ether oxygens (including phenoxy) is 1. The predicted molar refractivity (Wildman–Crippen MR) is 118 cm³/mol. The van der Waals surface area contributed by atoms with E-state index >= 15 is 0 Å². The fourth-order valence-corrected chi connectivity index (χ4v) is 3.39. The van der Waals surface area contributed by atoms with Gasteiger partial charge in [-0.15, -0.1) is 0 Å². The summed E-state index contributed by atoms with van der Waals surface area (Å²) in [5.41, 5.74) is 5.64. The van der Waals surface area contributed by atoms with Crippen molar-refractivity contribution in [3.8, 4) is 22.3 Å². The average Bonchev–Trinajstić information content (AvgIpc) is 2.78. The Morgan fingerprint density at radius 2 is 1.21 bits per heavy atom. The van der Waals surface area contributed by atoms with E-state index in [0.717, 1.165) is 27.8 Å². The number of hydrogen-bond donors (Lipinski definition) is 0. The minimum absolute atomic E-state index is 0.260. The molecule has 4 aromatic rings. The molecule has 0 aromatic heterocycles. The Morgan fingerprint density at radius 1 is 0.655 bits per heavy atom. The van der Waals surface area contributed by atoms with Gasteiger partial charge in [0.2, 0.25) is 0 Å². The quantitative estimate of drug-likeness (QED) is 0.337. The lowest BCUT2D eigenvalue weighted by atomic mass is 9.98. The van der Waals surface area contributed by atoms with Crippen LogP contribution in [0.3, 0.4) is 0 Å². The molecule has 3 heteroatoms. The molecule has 0 spiro atoms. The van der Waals surface area contributed by atoms with Crippen LogP contribution in [0.2, 0.25) is 5.02 Å². The summed E-state index contributed by atoms with van der Waals surface area (Å²) in [6.45, 7) is 0.260. The van der Waals surface area contributed by atoms with Gasteiger partial charge in [0.15, 0.2) is 0 Å². The molecule has 0 fully saturated rings. The van der Waals surface area contributed by atoms with Crippen LogP contribution in [0.4, 0.5) is 0 Å². The Bertz CT molecular complexity index is 1100. The van der Waals surface area contributed by atoms with E-state index in [1.807, 2.05) is 72.8 Å². The lowest BCUT2D eigenvalue weighted by Crippen LogP contribution is -2.05. The highest BCUT2D eigenvalue weighted by Gasteiger charge is 2.09. The van der Waals surface area contributed by atoms with Gasteiger partial charge >= 0.3 is 5.97 Å². The maximum Gasteiger partial charge on any atom is 0.338 e. The van der Waals surface area contributed by atoms with Gasteiger partial charge in [-0.3, -0.25) is 0 Å². The lowest BCUT2D eigenvalue weighted by Gasteiger charge is -2.09. The summed E-state index contributed by atoms with van der Waals surface area (Å²) >= 11 is 6.36. The summed E-state index contributed by atoms with van der Waals surface area (Å²) in [5.74, 6) is -0.337. The third-order valence-electron chi connectivity index (χ3n) is 4.67. The summed E-state index contributed by atoms with van der Waals surface area (Å²) < 4.78 is 5.40. The molecule has 0 radical (unpaired) electrons. The average molecular weight is 399 g/mol. The molecule has 0 bridgehead atoms. The van der Waals surface area contributed by atoms with Crippen LogP contribution in [0.15, 0.2) is 103 Å². The van der Waals surface area contributed by atoms with Gasteiger partial charge in [-0.05, 0) is 58.1 Å². The van der Waals surface area contributed by atoms with E-state index in [1.54, 1.807) is 12.1 Å². The van der Waals surface area contributed by atoms with Gasteiger partial charge in [0.1, 0.15) is 6.61 Å². The maximum absolute atomic E-state index is 12.3. The molecular formula is C26H19ClO2. The fourth-order valence-electron chi connectivity index (χ4n) is 3.16. The summed E-state index contributed by atoms with van der Waals surface area (Å²) in [4.78, 5) is 12.3. The van der Waals surface area contributed by atoms with Crippen molar-refractivity contribution in [3.05, 3.63) is 119 Å². The van der Waals surface area contributed by atoms with E-state index in [4.69, 9.17) is 16.3 Å². The molecule has 0 unspecified atom stereocenters. The SMILES string of the molecule is O=C(OCc1ccccc1)c1ccc(-c2cc(Cl)cc(-c3ccccc3)c2)cc1. The minimum Gasteiger partial charge on any atom is -0.457 e. The molecule has 0 atom stereocenters. The predicted octanol–water partition coefficient (Wildman–Crippen LogP) is 7.03. The standard InChI is InChI=1S/C26H19ClO2/c27-25-16-23(20-9-5-2-6-10-20)15-24(17-25)21-11-13-22(14-12-21)26(28)29-18-19-7-3-1-4-8-19/h1-17H,18H2. The number of benzene rings is 4. The highest BCUT2D eigenvalue weighted by molar-refractivity contribution is 6.31. The smallest absolute Gasteiger partial charge is 0.338 e. The fraction of sp³-hybridized carbons (Fsp3) is 0.0385. The first-order chi connectivity index (χ1) is 14.2. The Labute approximate surface area is 175 Å². The van der Waals surface area contributed by atoms with Crippen LogP contribution in [0.5, 0.6) is 0 Å². The van der Waals surface area contributed by atoms with Crippen LogP contribution >= 0.6 is 11.6 Å². The van der Waals surface area contributed by atoms with Crippen molar-refractivity contribution in [1.29, 1.82) is 0 Å². The first-order valence-corrected chi connectivity index (χ1v) is 9.74. The van der Waals surface area contributed by atoms with Gasteiger partial charge in [-0.25, -0.2) is 4.79 Å². The molecule has 0 amide bonds. The molecule has 0 aliphatic heterocycles. The molecule has 0 heterocycles. The maximum atomic E-state index is 12.3. The van der Waals surface area contributed by atoms with Crippen molar-refractivity contribution < 1.29 is 9.53 Å². The molecule has 0 saturated heterocycles. The third-order valence-corrected chi connectivity index (χ3v) is 4.89. The normalized spacial score (nSPS) is 10.5. The van der Waals surface area contributed by atoms with Crippen LogP contribution in [-0.2, 0) is 11.3 Å². The molecule has 29 heavy (non-hydrogen) atoms. The monoisotopic (exact) mass is 398 g/mol. The van der Waals surface area contributed by atoms with Gasteiger partial charge in [-0.2, -0.15) is 0 Å².